The summed E-state index contributed by atoms with van der Waals surface area (Å²) in [4.78, 5) is 26.0. The fourth-order valence-corrected chi connectivity index (χ4v) is 4.60. The van der Waals surface area contributed by atoms with Crippen molar-refractivity contribution >= 4 is 78.8 Å². The molecule has 0 fully saturated rings. The zero-order valence-electron chi connectivity index (χ0n) is 14.1. The Morgan fingerprint density at radius 1 is 0.714 bits per heavy atom. The molecule has 1 aromatic carbocycles. The second-order valence-electron chi connectivity index (χ2n) is 5.26. The Balaban J connectivity index is 1.53. The maximum Gasteiger partial charge on any atom is 0.271 e. The Morgan fingerprint density at radius 2 is 1.11 bits per heavy atom. The van der Waals surface area contributed by atoms with Gasteiger partial charge in [0.25, 0.3) is 11.8 Å². The number of nitrogens with one attached hydrogen (secondary N) is 2. The second kappa shape index (κ2) is 9.87. The third-order valence-corrected chi connectivity index (χ3v) is 6.43. The van der Waals surface area contributed by atoms with Crippen LogP contribution in [0.25, 0.3) is 0 Å². The van der Waals surface area contributed by atoms with E-state index in [-0.39, 0.29) is 11.8 Å². The molecule has 3 aromatic rings. The molecule has 0 aliphatic rings. The van der Waals surface area contributed by atoms with Gasteiger partial charge < -0.3 is 0 Å². The lowest BCUT2D eigenvalue weighted by Crippen LogP contribution is -2.19. The summed E-state index contributed by atoms with van der Waals surface area (Å²) in [6.07, 6.45) is 3.14. The molecule has 2 N–H and O–H groups in total. The summed E-state index contributed by atoms with van der Waals surface area (Å²) in [7, 11) is 0. The van der Waals surface area contributed by atoms with Gasteiger partial charge in [-0.05, 0) is 80.4 Å². The van der Waals surface area contributed by atoms with E-state index in [1.807, 2.05) is 24.3 Å². The number of hydrogen-bond donors (Lipinski definition) is 2. The lowest BCUT2D eigenvalue weighted by molar-refractivity contribution is 0.0943. The molecule has 0 saturated heterocycles. The summed E-state index contributed by atoms with van der Waals surface area (Å²) >= 11 is 9.74. The number of halogens is 2. The predicted molar refractivity (Wildman–Crippen MR) is 121 cm³/mol. The molecule has 0 bridgehead atoms. The van der Waals surface area contributed by atoms with Crippen LogP contribution in [0.3, 0.4) is 0 Å². The molecule has 0 atom stereocenters. The van der Waals surface area contributed by atoms with E-state index in [1.165, 1.54) is 22.7 Å². The molecule has 0 radical (unpaired) electrons. The third kappa shape index (κ3) is 5.93. The van der Waals surface area contributed by atoms with E-state index in [4.69, 9.17) is 0 Å². The molecule has 10 heteroatoms. The lowest BCUT2D eigenvalue weighted by Gasteiger charge is -2.02. The van der Waals surface area contributed by atoms with Crippen molar-refractivity contribution in [2.45, 2.75) is 0 Å². The first-order valence-electron chi connectivity index (χ1n) is 7.79. The summed E-state index contributed by atoms with van der Waals surface area (Å²) in [5.41, 5.74) is 5.70. The van der Waals surface area contributed by atoms with Gasteiger partial charge in [-0.1, -0.05) is 0 Å². The van der Waals surface area contributed by atoms with Gasteiger partial charge in [-0.15, -0.1) is 22.7 Å². The fourth-order valence-electron chi connectivity index (χ4n) is 2.01. The molecule has 142 valence electrons. The standard InChI is InChI=1S/C18H12Br2N4O2S2/c19-15-7-5-13(27-15)9-21-23-17(25)11-1-2-12(4-3-11)18(26)24-22-10-14-6-8-16(20)28-14/h1-10H,(H,23,25)(H,24,26). The summed E-state index contributed by atoms with van der Waals surface area (Å²) in [6.45, 7) is 0. The van der Waals surface area contributed by atoms with Crippen molar-refractivity contribution in [2.75, 3.05) is 0 Å². The Morgan fingerprint density at radius 3 is 1.43 bits per heavy atom. The summed E-state index contributed by atoms with van der Waals surface area (Å²) < 4.78 is 1.98. The van der Waals surface area contributed by atoms with E-state index in [0.717, 1.165) is 17.3 Å². The Hall–Kier alpha value is -2.14. The number of carbonyl (C=O) groups is 2. The molecule has 0 aliphatic heterocycles. The summed E-state index contributed by atoms with van der Waals surface area (Å²) in [6, 6.07) is 13.8. The van der Waals surface area contributed by atoms with E-state index in [1.54, 1.807) is 36.7 Å². The highest BCUT2D eigenvalue weighted by atomic mass is 79.9. The number of benzene rings is 1. The molecular weight excluding hydrogens is 528 g/mol. The molecule has 2 amide bonds. The molecule has 6 nitrogen and oxygen atoms in total. The van der Waals surface area contributed by atoms with Gasteiger partial charge in [-0.25, -0.2) is 10.9 Å². The molecule has 3 rings (SSSR count). The monoisotopic (exact) mass is 538 g/mol. The van der Waals surface area contributed by atoms with Crippen molar-refractivity contribution in [2.24, 2.45) is 10.2 Å². The quantitative estimate of drug-likeness (QED) is 0.346. The molecular formula is C18H12Br2N4O2S2. The molecule has 28 heavy (non-hydrogen) atoms. The van der Waals surface area contributed by atoms with Gasteiger partial charge >= 0.3 is 0 Å². The topological polar surface area (TPSA) is 82.9 Å². The van der Waals surface area contributed by atoms with Crippen LogP contribution in [0.15, 0.2) is 66.3 Å². The predicted octanol–water partition coefficient (Wildman–Crippen LogP) is 4.86. The van der Waals surface area contributed by atoms with E-state index in [2.05, 4.69) is 52.9 Å². The molecule has 0 aliphatic carbocycles. The number of nitrogens with zero attached hydrogens (tertiary/aromatic N) is 2. The van der Waals surface area contributed by atoms with E-state index in [9.17, 15) is 9.59 Å². The van der Waals surface area contributed by atoms with Gasteiger partial charge in [0.1, 0.15) is 0 Å². The van der Waals surface area contributed by atoms with Gasteiger partial charge in [0.05, 0.1) is 20.0 Å². The number of rotatable bonds is 6. The maximum absolute atomic E-state index is 12.1. The van der Waals surface area contributed by atoms with E-state index < -0.39 is 0 Å². The highest BCUT2D eigenvalue weighted by Gasteiger charge is 2.08. The Bertz CT molecular complexity index is 959. The Kier molecular flexibility index (Phi) is 7.26. The number of thiophene rings is 2. The van der Waals surface area contributed by atoms with Crippen molar-refractivity contribution in [3.05, 3.63) is 77.0 Å². The van der Waals surface area contributed by atoms with Gasteiger partial charge in [-0.3, -0.25) is 9.59 Å². The SMILES string of the molecule is O=C(NN=Cc1ccc(Br)s1)c1ccc(C(=O)NN=Cc2ccc(Br)s2)cc1. The van der Waals surface area contributed by atoms with Gasteiger partial charge in [-0.2, -0.15) is 10.2 Å². The highest BCUT2D eigenvalue weighted by molar-refractivity contribution is 9.11. The first-order chi connectivity index (χ1) is 13.5. The number of hydrogen-bond acceptors (Lipinski definition) is 6. The molecule has 2 heterocycles. The maximum atomic E-state index is 12.1. The van der Waals surface area contributed by atoms with Crippen molar-refractivity contribution in [3.63, 3.8) is 0 Å². The average molecular weight is 540 g/mol. The van der Waals surface area contributed by atoms with Crippen LogP contribution in [-0.4, -0.2) is 24.2 Å². The Labute approximate surface area is 185 Å². The zero-order valence-corrected chi connectivity index (χ0v) is 18.9. The summed E-state index contributed by atoms with van der Waals surface area (Å²) in [5, 5.41) is 7.85. The minimum absolute atomic E-state index is 0.361. The van der Waals surface area contributed by atoms with Crippen molar-refractivity contribution in [1.82, 2.24) is 10.9 Å². The van der Waals surface area contributed by atoms with Gasteiger partial charge in [0.2, 0.25) is 0 Å². The normalized spacial score (nSPS) is 11.2. The largest absolute Gasteiger partial charge is 0.271 e. The first-order valence-corrected chi connectivity index (χ1v) is 11.0. The minimum Gasteiger partial charge on any atom is -0.267 e. The zero-order chi connectivity index (χ0) is 19.9. The minimum atomic E-state index is -0.361. The highest BCUT2D eigenvalue weighted by Crippen LogP contribution is 2.21. The van der Waals surface area contributed by atoms with Crippen LogP contribution in [-0.2, 0) is 0 Å². The van der Waals surface area contributed by atoms with Crippen LogP contribution >= 0.6 is 54.5 Å². The van der Waals surface area contributed by atoms with Crippen LogP contribution in [0, 0.1) is 0 Å². The number of hydrazone groups is 2. The number of carbonyl (C=O) groups excluding carboxylic acids is 2. The molecule has 0 spiro atoms. The average Bonchev–Trinajstić information content (AvgIpc) is 3.29. The van der Waals surface area contributed by atoms with Crippen LogP contribution in [0.4, 0.5) is 0 Å². The smallest absolute Gasteiger partial charge is 0.267 e. The van der Waals surface area contributed by atoms with Crippen molar-refractivity contribution in [3.8, 4) is 0 Å². The molecule has 0 saturated carbocycles. The van der Waals surface area contributed by atoms with Crippen LogP contribution < -0.4 is 10.9 Å². The number of amides is 2. The molecule has 0 unspecified atom stereocenters. The lowest BCUT2D eigenvalue weighted by atomic mass is 10.1. The summed E-state index contributed by atoms with van der Waals surface area (Å²) in [5.74, 6) is -0.722. The van der Waals surface area contributed by atoms with E-state index >= 15 is 0 Å². The third-order valence-electron chi connectivity index (χ3n) is 3.31. The van der Waals surface area contributed by atoms with Gasteiger partial charge in [0.15, 0.2) is 0 Å². The molecule has 2 aromatic heterocycles. The van der Waals surface area contributed by atoms with Crippen molar-refractivity contribution in [1.29, 1.82) is 0 Å². The first kappa shape index (κ1) is 20.6. The van der Waals surface area contributed by atoms with Crippen LogP contribution in [0.1, 0.15) is 30.5 Å². The fraction of sp³-hybridized carbons (Fsp3) is 0. The van der Waals surface area contributed by atoms with E-state index in [0.29, 0.717) is 11.1 Å². The second-order valence-corrected chi connectivity index (χ2v) is 10.2. The van der Waals surface area contributed by atoms with Crippen LogP contribution in [0.2, 0.25) is 0 Å². The van der Waals surface area contributed by atoms with Gasteiger partial charge in [0, 0.05) is 20.9 Å². The van der Waals surface area contributed by atoms with Crippen molar-refractivity contribution < 1.29 is 9.59 Å². The van der Waals surface area contributed by atoms with Crippen LogP contribution in [0.5, 0.6) is 0 Å².